The summed E-state index contributed by atoms with van der Waals surface area (Å²) in [6.07, 6.45) is 0. The minimum absolute atomic E-state index is 0.377. The van der Waals surface area contributed by atoms with Crippen LogP contribution in [0.1, 0.15) is 18.9 Å². The number of rotatable bonds is 6. The van der Waals surface area contributed by atoms with Crippen LogP contribution < -0.4 is 0 Å². The Hall–Kier alpha value is -0.230. The number of nitrogens with zero attached hydrogens (tertiary/aromatic N) is 3. The Morgan fingerprint density at radius 1 is 1.53 bits per heavy atom. The van der Waals surface area contributed by atoms with E-state index in [1.165, 1.54) is 11.3 Å². The Bertz CT molecular complexity index is 295. The second kappa shape index (κ2) is 6.37. The molecule has 0 bridgehead atoms. The molecule has 1 rings (SSSR count). The second-order valence-corrected chi connectivity index (χ2v) is 4.96. The van der Waals surface area contributed by atoms with Crippen molar-refractivity contribution in [3.63, 3.8) is 0 Å². The van der Waals surface area contributed by atoms with E-state index in [1.54, 1.807) is 7.11 Å². The molecule has 1 aromatic heterocycles. The van der Waals surface area contributed by atoms with Crippen molar-refractivity contribution in [2.75, 3.05) is 20.3 Å². The lowest BCUT2D eigenvalue weighted by molar-refractivity contribution is 0.0980. The first kappa shape index (κ1) is 12.8. The van der Waals surface area contributed by atoms with Gasteiger partial charge in [0.15, 0.2) is 0 Å². The lowest BCUT2D eigenvalue weighted by Gasteiger charge is -2.25. The molecule has 0 saturated carbocycles. The summed E-state index contributed by atoms with van der Waals surface area (Å²) in [5.74, 6) is 0. The molecule has 1 aromatic rings. The standard InChI is InChI=1S/C9H16ClN3OS/c1-4-13(7(2)6-14-3)5-8-11-12-9(10)15-8/h7H,4-6H2,1-3H3. The normalized spacial score (nSPS) is 13.4. The van der Waals surface area contributed by atoms with E-state index in [0.29, 0.717) is 10.5 Å². The summed E-state index contributed by atoms with van der Waals surface area (Å²) in [6, 6.07) is 0.377. The van der Waals surface area contributed by atoms with Gasteiger partial charge in [-0.15, -0.1) is 10.2 Å². The molecule has 4 nitrogen and oxygen atoms in total. The quantitative estimate of drug-likeness (QED) is 0.774. The maximum Gasteiger partial charge on any atom is 0.207 e. The van der Waals surface area contributed by atoms with Gasteiger partial charge in [-0.05, 0) is 25.1 Å². The SMILES string of the molecule is CCN(Cc1nnc(Cl)s1)C(C)COC. The highest BCUT2D eigenvalue weighted by molar-refractivity contribution is 7.15. The van der Waals surface area contributed by atoms with Gasteiger partial charge in [0.1, 0.15) is 5.01 Å². The van der Waals surface area contributed by atoms with E-state index in [9.17, 15) is 0 Å². The van der Waals surface area contributed by atoms with Gasteiger partial charge in [0.25, 0.3) is 0 Å². The molecule has 86 valence electrons. The maximum atomic E-state index is 5.73. The van der Waals surface area contributed by atoms with Gasteiger partial charge in [-0.25, -0.2) is 0 Å². The molecule has 15 heavy (non-hydrogen) atoms. The third kappa shape index (κ3) is 4.03. The van der Waals surface area contributed by atoms with Crippen LogP contribution in [0, 0.1) is 0 Å². The van der Waals surface area contributed by atoms with E-state index in [1.807, 2.05) is 0 Å². The predicted octanol–water partition coefficient (Wildman–Crippen LogP) is 2.05. The predicted molar refractivity (Wildman–Crippen MR) is 62.3 cm³/mol. The van der Waals surface area contributed by atoms with Crippen LogP contribution >= 0.6 is 22.9 Å². The van der Waals surface area contributed by atoms with Crippen molar-refractivity contribution >= 4 is 22.9 Å². The molecule has 0 amide bonds. The van der Waals surface area contributed by atoms with Crippen molar-refractivity contribution in [2.24, 2.45) is 0 Å². The third-order valence-corrected chi connectivity index (χ3v) is 3.22. The first-order valence-corrected chi connectivity index (χ1v) is 6.07. The Morgan fingerprint density at radius 2 is 2.27 bits per heavy atom. The molecule has 0 fully saturated rings. The van der Waals surface area contributed by atoms with Crippen LogP contribution in [0.3, 0.4) is 0 Å². The van der Waals surface area contributed by atoms with E-state index in [0.717, 1.165) is 24.7 Å². The van der Waals surface area contributed by atoms with Crippen LogP contribution in [-0.2, 0) is 11.3 Å². The van der Waals surface area contributed by atoms with E-state index >= 15 is 0 Å². The highest BCUT2D eigenvalue weighted by Gasteiger charge is 2.14. The number of aromatic nitrogens is 2. The largest absolute Gasteiger partial charge is 0.383 e. The number of hydrogen-bond acceptors (Lipinski definition) is 5. The molecule has 6 heteroatoms. The number of methoxy groups -OCH3 is 1. The van der Waals surface area contributed by atoms with Crippen molar-refractivity contribution in [2.45, 2.75) is 26.4 Å². The molecule has 0 aliphatic heterocycles. The van der Waals surface area contributed by atoms with Crippen molar-refractivity contribution in [1.82, 2.24) is 15.1 Å². The molecule has 0 N–H and O–H groups in total. The van der Waals surface area contributed by atoms with Gasteiger partial charge < -0.3 is 4.74 Å². The molecular formula is C9H16ClN3OS. The number of halogens is 1. The first-order chi connectivity index (χ1) is 7.17. The third-order valence-electron chi connectivity index (χ3n) is 2.22. The summed E-state index contributed by atoms with van der Waals surface area (Å²) in [4.78, 5) is 2.28. The molecule has 1 heterocycles. The van der Waals surface area contributed by atoms with Crippen LogP contribution in [0.2, 0.25) is 4.47 Å². The number of likely N-dealkylation sites (N-methyl/N-ethyl adjacent to an activating group) is 1. The number of hydrogen-bond donors (Lipinski definition) is 0. The summed E-state index contributed by atoms with van der Waals surface area (Å²) in [5.41, 5.74) is 0. The zero-order valence-corrected chi connectivity index (χ0v) is 10.8. The highest BCUT2D eigenvalue weighted by atomic mass is 35.5. The van der Waals surface area contributed by atoms with Gasteiger partial charge in [-0.3, -0.25) is 4.90 Å². The molecule has 1 unspecified atom stereocenters. The summed E-state index contributed by atoms with van der Waals surface area (Å²) >= 11 is 7.16. The van der Waals surface area contributed by atoms with Crippen molar-refractivity contribution in [1.29, 1.82) is 0 Å². The zero-order valence-electron chi connectivity index (χ0n) is 9.23. The molecule has 0 aromatic carbocycles. The molecule has 1 atom stereocenters. The highest BCUT2D eigenvalue weighted by Crippen LogP contribution is 2.17. The monoisotopic (exact) mass is 249 g/mol. The fraction of sp³-hybridized carbons (Fsp3) is 0.778. The Labute approximate surface area is 99.2 Å². The molecule has 0 saturated heterocycles. The maximum absolute atomic E-state index is 5.73. The summed E-state index contributed by atoms with van der Waals surface area (Å²) < 4.78 is 5.63. The summed E-state index contributed by atoms with van der Waals surface area (Å²) in [6.45, 7) is 6.72. The van der Waals surface area contributed by atoms with Crippen molar-refractivity contribution in [3.05, 3.63) is 9.47 Å². The van der Waals surface area contributed by atoms with Crippen LogP contribution in [-0.4, -0.2) is 41.4 Å². The van der Waals surface area contributed by atoms with Crippen molar-refractivity contribution < 1.29 is 4.74 Å². The first-order valence-electron chi connectivity index (χ1n) is 4.88. The average molecular weight is 250 g/mol. The van der Waals surface area contributed by atoms with Crippen LogP contribution in [0.5, 0.6) is 0 Å². The minimum atomic E-state index is 0.377. The van der Waals surface area contributed by atoms with Crippen LogP contribution in [0.4, 0.5) is 0 Å². The molecule has 0 aliphatic rings. The Balaban J connectivity index is 2.53. The van der Waals surface area contributed by atoms with Gasteiger partial charge in [0.05, 0.1) is 13.2 Å². The van der Waals surface area contributed by atoms with Crippen LogP contribution in [0.25, 0.3) is 0 Å². The fourth-order valence-corrected chi connectivity index (χ4v) is 2.29. The van der Waals surface area contributed by atoms with E-state index in [-0.39, 0.29) is 0 Å². The molecule has 0 radical (unpaired) electrons. The van der Waals surface area contributed by atoms with E-state index in [4.69, 9.17) is 16.3 Å². The Morgan fingerprint density at radius 3 is 2.73 bits per heavy atom. The van der Waals surface area contributed by atoms with E-state index in [2.05, 4.69) is 28.9 Å². The minimum Gasteiger partial charge on any atom is -0.383 e. The van der Waals surface area contributed by atoms with Gasteiger partial charge in [0, 0.05) is 13.2 Å². The van der Waals surface area contributed by atoms with Crippen LogP contribution in [0.15, 0.2) is 0 Å². The second-order valence-electron chi connectivity index (χ2n) is 3.32. The lowest BCUT2D eigenvalue weighted by Crippen LogP contribution is -2.35. The Kier molecular flexibility index (Phi) is 5.45. The topological polar surface area (TPSA) is 38.2 Å². The smallest absolute Gasteiger partial charge is 0.207 e. The van der Waals surface area contributed by atoms with Gasteiger partial charge >= 0.3 is 0 Å². The average Bonchev–Trinajstić information content (AvgIpc) is 2.61. The van der Waals surface area contributed by atoms with Crippen molar-refractivity contribution in [3.8, 4) is 0 Å². The number of ether oxygens (including phenoxy) is 1. The lowest BCUT2D eigenvalue weighted by atomic mass is 10.3. The van der Waals surface area contributed by atoms with Gasteiger partial charge in [0.2, 0.25) is 4.47 Å². The van der Waals surface area contributed by atoms with E-state index < -0.39 is 0 Å². The molecular weight excluding hydrogens is 234 g/mol. The zero-order chi connectivity index (χ0) is 11.3. The fourth-order valence-electron chi connectivity index (χ4n) is 1.40. The molecule has 0 aliphatic carbocycles. The summed E-state index contributed by atoms with van der Waals surface area (Å²) in [7, 11) is 1.71. The molecule has 0 spiro atoms. The van der Waals surface area contributed by atoms with Gasteiger partial charge in [-0.1, -0.05) is 18.3 Å². The van der Waals surface area contributed by atoms with Gasteiger partial charge in [-0.2, -0.15) is 0 Å². The summed E-state index contributed by atoms with van der Waals surface area (Å²) in [5, 5.41) is 8.73.